The van der Waals surface area contributed by atoms with Crippen molar-refractivity contribution in [3.8, 4) is 0 Å². The number of nitrogens with one attached hydrogen (secondary N) is 3. The predicted molar refractivity (Wildman–Crippen MR) is 91.8 cm³/mol. The second-order valence-electron chi connectivity index (χ2n) is 5.76. The first-order valence-corrected chi connectivity index (χ1v) is 7.45. The maximum atomic E-state index is 12.5. The standard InChI is InChI=1S/C18H16N4O/c1-10-11(2)20-16-6-4-12(7-15(10)16)18(23)21-14-5-3-13-9-19-22-17(13)8-14/h3-9,20H,1-2H3,(H,19,22)(H,21,23). The Morgan fingerprint density at radius 1 is 1.09 bits per heavy atom. The zero-order chi connectivity index (χ0) is 16.0. The summed E-state index contributed by atoms with van der Waals surface area (Å²) in [7, 11) is 0. The van der Waals surface area contributed by atoms with Gasteiger partial charge in [0.05, 0.1) is 11.7 Å². The van der Waals surface area contributed by atoms with Gasteiger partial charge in [0.25, 0.3) is 5.91 Å². The maximum Gasteiger partial charge on any atom is 0.255 e. The van der Waals surface area contributed by atoms with Gasteiger partial charge in [0.1, 0.15) is 0 Å². The average Bonchev–Trinajstić information content (AvgIpc) is 3.12. The smallest absolute Gasteiger partial charge is 0.255 e. The van der Waals surface area contributed by atoms with E-state index in [4.69, 9.17) is 0 Å². The van der Waals surface area contributed by atoms with Crippen LogP contribution in [0.4, 0.5) is 5.69 Å². The lowest BCUT2D eigenvalue weighted by Gasteiger charge is -2.06. The summed E-state index contributed by atoms with van der Waals surface area (Å²) < 4.78 is 0. The Morgan fingerprint density at radius 2 is 1.96 bits per heavy atom. The van der Waals surface area contributed by atoms with Crippen LogP contribution in [0.5, 0.6) is 0 Å². The molecule has 0 fully saturated rings. The van der Waals surface area contributed by atoms with E-state index in [0.29, 0.717) is 5.56 Å². The minimum absolute atomic E-state index is 0.121. The number of nitrogens with zero attached hydrogens (tertiary/aromatic N) is 1. The van der Waals surface area contributed by atoms with Crippen LogP contribution in [-0.4, -0.2) is 21.1 Å². The van der Waals surface area contributed by atoms with Crippen LogP contribution in [0.2, 0.25) is 0 Å². The van der Waals surface area contributed by atoms with Crippen molar-refractivity contribution in [2.75, 3.05) is 5.32 Å². The number of aromatic nitrogens is 3. The number of anilines is 1. The van der Waals surface area contributed by atoms with Gasteiger partial charge in [-0.3, -0.25) is 9.89 Å². The van der Waals surface area contributed by atoms with Gasteiger partial charge >= 0.3 is 0 Å². The topological polar surface area (TPSA) is 73.6 Å². The highest BCUT2D eigenvalue weighted by Gasteiger charge is 2.10. The molecule has 0 spiro atoms. The highest BCUT2D eigenvalue weighted by molar-refractivity contribution is 6.07. The van der Waals surface area contributed by atoms with Crippen LogP contribution in [-0.2, 0) is 0 Å². The molecule has 0 aliphatic rings. The van der Waals surface area contributed by atoms with Crippen molar-refractivity contribution in [1.82, 2.24) is 15.2 Å². The quantitative estimate of drug-likeness (QED) is 0.525. The van der Waals surface area contributed by atoms with Crippen LogP contribution in [0.25, 0.3) is 21.8 Å². The number of hydrogen-bond donors (Lipinski definition) is 3. The van der Waals surface area contributed by atoms with Crippen molar-refractivity contribution >= 4 is 33.4 Å². The SMILES string of the molecule is Cc1[nH]c2ccc(C(=O)Nc3ccc4cn[nH]c4c3)cc2c1C. The number of aryl methyl sites for hydroxylation is 2. The normalized spacial score (nSPS) is 11.2. The van der Waals surface area contributed by atoms with E-state index in [1.807, 2.05) is 43.3 Å². The lowest BCUT2D eigenvalue weighted by Crippen LogP contribution is -2.11. The second-order valence-corrected chi connectivity index (χ2v) is 5.76. The molecule has 0 saturated heterocycles. The molecule has 114 valence electrons. The lowest BCUT2D eigenvalue weighted by atomic mass is 10.1. The Labute approximate surface area is 132 Å². The molecule has 0 aliphatic heterocycles. The highest BCUT2D eigenvalue weighted by Crippen LogP contribution is 2.23. The van der Waals surface area contributed by atoms with E-state index in [0.717, 1.165) is 33.2 Å². The van der Waals surface area contributed by atoms with Gasteiger partial charge in [-0.1, -0.05) is 0 Å². The molecule has 2 aromatic carbocycles. The van der Waals surface area contributed by atoms with Crippen molar-refractivity contribution in [3.05, 3.63) is 59.4 Å². The van der Waals surface area contributed by atoms with Gasteiger partial charge < -0.3 is 10.3 Å². The molecule has 0 atom stereocenters. The van der Waals surface area contributed by atoms with Gasteiger partial charge in [-0.15, -0.1) is 0 Å². The van der Waals surface area contributed by atoms with Gasteiger partial charge in [0.15, 0.2) is 0 Å². The third kappa shape index (κ3) is 2.26. The summed E-state index contributed by atoms with van der Waals surface area (Å²) in [6, 6.07) is 11.4. The predicted octanol–water partition coefficient (Wildman–Crippen LogP) is 3.91. The second kappa shape index (κ2) is 4.98. The van der Waals surface area contributed by atoms with E-state index in [2.05, 4.69) is 27.4 Å². The van der Waals surface area contributed by atoms with E-state index in [9.17, 15) is 4.79 Å². The number of amides is 1. The van der Waals surface area contributed by atoms with E-state index < -0.39 is 0 Å². The number of carbonyl (C=O) groups is 1. The Balaban J connectivity index is 1.66. The van der Waals surface area contributed by atoms with Crippen molar-refractivity contribution < 1.29 is 4.79 Å². The molecule has 4 aromatic rings. The molecule has 0 saturated carbocycles. The van der Waals surface area contributed by atoms with Crippen molar-refractivity contribution in [1.29, 1.82) is 0 Å². The zero-order valence-corrected chi connectivity index (χ0v) is 12.9. The third-order valence-corrected chi connectivity index (χ3v) is 4.27. The van der Waals surface area contributed by atoms with Crippen LogP contribution in [0.3, 0.4) is 0 Å². The minimum atomic E-state index is -0.121. The molecule has 5 nitrogen and oxygen atoms in total. The van der Waals surface area contributed by atoms with E-state index in [1.54, 1.807) is 6.20 Å². The molecule has 4 rings (SSSR count). The molecule has 0 radical (unpaired) electrons. The molecule has 23 heavy (non-hydrogen) atoms. The molecule has 0 aliphatic carbocycles. The third-order valence-electron chi connectivity index (χ3n) is 4.27. The van der Waals surface area contributed by atoms with Crippen molar-refractivity contribution in [3.63, 3.8) is 0 Å². The van der Waals surface area contributed by atoms with E-state index in [-0.39, 0.29) is 5.91 Å². The summed E-state index contributed by atoms with van der Waals surface area (Å²) in [4.78, 5) is 15.8. The van der Waals surface area contributed by atoms with Crippen LogP contribution in [0.15, 0.2) is 42.6 Å². The number of aromatic amines is 2. The van der Waals surface area contributed by atoms with E-state index >= 15 is 0 Å². The summed E-state index contributed by atoms with van der Waals surface area (Å²) in [5.74, 6) is -0.121. The van der Waals surface area contributed by atoms with Crippen LogP contribution < -0.4 is 5.32 Å². The molecule has 1 amide bonds. The number of fused-ring (bicyclic) bond motifs is 2. The molecule has 2 heterocycles. The van der Waals surface area contributed by atoms with Crippen molar-refractivity contribution in [2.24, 2.45) is 0 Å². The summed E-state index contributed by atoms with van der Waals surface area (Å²) in [5.41, 5.74) is 5.64. The fraction of sp³-hybridized carbons (Fsp3) is 0.111. The largest absolute Gasteiger partial charge is 0.358 e. The number of hydrogen-bond acceptors (Lipinski definition) is 2. The van der Waals surface area contributed by atoms with Crippen molar-refractivity contribution in [2.45, 2.75) is 13.8 Å². The first kappa shape index (κ1) is 13.6. The number of benzene rings is 2. The van der Waals surface area contributed by atoms with Crippen LogP contribution in [0.1, 0.15) is 21.6 Å². The zero-order valence-electron chi connectivity index (χ0n) is 12.9. The molecule has 5 heteroatoms. The van der Waals surface area contributed by atoms with Gasteiger partial charge in [0, 0.05) is 33.2 Å². The number of H-pyrrole nitrogens is 2. The molecule has 2 aromatic heterocycles. The first-order valence-electron chi connectivity index (χ1n) is 7.45. The lowest BCUT2D eigenvalue weighted by molar-refractivity contribution is 0.102. The summed E-state index contributed by atoms with van der Waals surface area (Å²) in [6.07, 6.45) is 1.76. The fourth-order valence-electron chi connectivity index (χ4n) is 2.82. The van der Waals surface area contributed by atoms with Gasteiger partial charge in [0.2, 0.25) is 0 Å². The monoisotopic (exact) mass is 304 g/mol. The van der Waals surface area contributed by atoms with E-state index in [1.165, 1.54) is 5.56 Å². The molecule has 0 bridgehead atoms. The maximum absolute atomic E-state index is 12.5. The number of carbonyl (C=O) groups excluding carboxylic acids is 1. The molecular formula is C18H16N4O. The Morgan fingerprint density at radius 3 is 2.83 bits per heavy atom. The van der Waals surface area contributed by atoms with Gasteiger partial charge in [-0.25, -0.2) is 0 Å². The van der Waals surface area contributed by atoms with Gasteiger partial charge in [-0.05, 0) is 55.8 Å². The first-order chi connectivity index (χ1) is 11.1. The number of rotatable bonds is 2. The molecule has 3 N–H and O–H groups in total. The highest BCUT2D eigenvalue weighted by atomic mass is 16.1. The summed E-state index contributed by atoms with van der Waals surface area (Å²) in [5, 5.41) is 11.9. The Bertz CT molecular complexity index is 1040. The molecule has 0 unspecified atom stereocenters. The summed E-state index contributed by atoms with van der Waals surface area (Å²) in [6.45, 7) is 4.09. The van der Waals surface area contributed by atoms with Crippen LogP contribution in [0, 0.1) is 13.8 Å². The average molecular weight is 304 g/mol. The Hall–Kier alpha value is -3.08. The fourth-order valence-corrected chi connectivity index (χ4v) is 2.82. The van der Waals surface area contributed by atoms with Gasteiger partial charge in [-0.2, -0.15) is 5.10 Å². The van der Waals surface area contributed by atoms with Crippen LogP contribution >= 0.6 is 0 Å². The Kier molecular flexibility index (Phi) is 2.94. The molecular weight excluding hydrogens is 288 g/mol. The summed E-state index contributed by atoms with van der Waals surface area (Å²) >= 11 is 0. The minimum Gasteiger partial charge on any atom is -0.358 e.